The fraction of sp³-hybridized carbons (Fsp3) is 0.286. The Morgan fingerprint density at radius 3 is 2.07 bits per heavy atom. The van der Waals surface area contributed by atoms with Gasteiger partial charge in [-0.05, 0) is 24.1 Å². The molecule has 0 saturated carbocycles. The van der Waals surface area contributed by atoms with Crippen LogP contribution in [-0.4, -0.2) is 60.1 Å². The molecule has 8 heteroatoms. The van der Waals surface area contributed by atoms with Gasteiger partial charge in [-0.3, -0.25) is 0 Å². The smallest absolute Gasteiger partial charge is 0.375 e. The highest BCUT2D eigenvalue weighted by Gasteiger charge is 2.28. The van der Waals surface area contributed by atoms with E-state index in [1.807, 2.05) is 48.5 Å². The summed E-state index contributed by atoms with van der Waals surface area (Å²) in [5.74, 6) is -0.761. The van der Waals surface area contributed by atoms with Crippen molar-refractivity contribution in [2.45, 2.75) is 12.5 Å². The number of nitrogens with zero attached hydrogens (tertiary/aromatic N) is 2. The number of para-hydroxylation sites is 1. The van der Waals surface area contributed by atoms with Crippen molar-refractivity contribution < 1.29 is 19.1 Å². The summed E-state index contributed by atoms with van der Waals surface area (Å²) in [7, 11) is 0. The van der Waals surface area contributed by atoms with Gasteiger partial charge in [0, 0.05) is 31.9 Å². The van der Waals surface area contributed by atoms with Crippen LogP contribution in [0.25, 0.3) is 0 Å². The lowest BCUT2D eigenvalue weighted by Crippen LogP contribution is -2.52. The van der Waals surface area contributed by atoms with Crippen molar-refractivity contribution >= 4 is 23.8 Å². The van der Waals surface area contributed by atoms with Crippen LogP contribution in [0.3, 0.4) is 0 Å². The Labute approximate surface area is 169 Å². The molecule has 29 heavy (non-hydrogen) atoms. The van der Waals surface area contributed by atoms with E-state index < -0.39 is 18.1 Å². The highest BCUT2D eigenvalue weighted by atomic mass is 16.6. The molecule has 2 aromatic rings. The SMILES string of the molecule is N[C@@H](Cc1ccccc1)C(=O)OC(=O)N1CCN(C(=O)Nc2ccccc2)CC1. The van der Waals surface area contributed by atoms with Gasteiger partial charge in [0.1, 0.15) is 6.04 Å². The summed E-state index contributed by atoms with van der Waals surface area (Å²) in [5, 5.41) is 2.81. The predicted octanol–water partition coefficient (Wildman–Crippen LogP) is 2.07. The molecule has 3 N–H and O–H groups in total. The Kier molecular flexibility index (Phi) is 6.80. The van der Waals surface area contributed by atoms with E-state index in [-0.39, 0.29) is 19.1 Å². The third-order valence-corrected chi connectivity index (χ3v) is 4.64. The van der Waals surface area contributed by atoms with E-state index in [9.17, 15) is 14.4 Å². The van der Waals surface area contributed by atoms with Gasteiger partial charge in [0.15, 0.2) is 0 Å². The summed E-state index contributed by atoms with van der Waals surface area (Å²) in [6.07, 6.45) is -0.443. The normalized spacial score (nSPS) is 14.8. The number of esters is 1. The predicted molar refractivity (Wildman–Crippen MR) is 108 cm³/mol. The summed E-state index contributed by atoms with van der Waals surface area (Å²) in [6.45, 7) is 1.25. The minimum absolute atomic E-state index is 0.231. The van der Waals surface area contributed by atoms with Crippen LogP contribution >= 0.6 is 0 Å². The van der Waals surface area contributed by atoms with Crippen molar-refractivity contribution in [3.63, 3.8) is 0 Å². The van der Waals surface area contributed by atoms with Gasteiger partial charge in [-0.1, -0.05) is 48.5 Å². The third-order valence-electron chi connectivity index (χ3n) is 4.64. The topological polar surface area (TPSA) is 105 Å². The quantitative estimate of drug-likeness (QED) is 0.608. The van der Waals surface area contributed by atoms with Gasteiger partial charge in [0.05, 0.1) is 0 Å². The lowest BCUT2D eigenvalue weighted by atomic mass is 10.1. The van der Waals surface area contributed by atoms with Crippen LogP contribution in [0.2, 0.25) is 0 Å². The summed E-state index contributed by atoms with van der Waals surface area (Å²) in [6, 6.07) is 17.3. The Bertz CT molecular complexity index is 836. The molecule has 1 fully saturated rings. The first kappa shape index (κ1) is 20.3. The van der Waals surface area contributed by atoms with Crippen molar-refractivity contribution in [3.8, 4) is 0 Å². The number of nitrogens with one attached hydrogen (secondary N) is 1. The molecule has 0 bridgehead atoms. The molecule has 1 aliphatic heterocycles. The van der Waals surface area contributed by atoms with Crippen LogP contribution in [-0.2, 0) is 16.0 Å². The first-order chi connectivity index (χ1) is 14.0. The summed E-state index contributed by atoms with van der Waals surface area (Å²) in [4.78, 5) is 39.7. The van der Waals surface area contributed by atoms with E-state index in [2.05, 4.69) is 5.32 Å². The number of anilines is 1. The van der Waals surface area contributed by atoms with E-state index in [0.29, 0.717) is 25.2 Å². The summed E-state index contributed by atoms with van der Waals surface area (Å²) < 4.78 is 4.92. The van der Waals surface area contributed by atoms with Gasteiger partial charge < -0.3 is 25.6 Å². The van der Waals surface area contributed by atoms with Crippen LogP contribution in [0, 0.1) is 0 Å². The Morgan fingerprint density at radius 1 is 0.897 bits per heavy atom. The number of urea groups is 1. The molecule has 2 aromatic carbocycles. The first-order valence-corrected chi connectivity index (χ1v) is 9.44. The van der Waals surface area contributed by atoms with Gasteiger partial charge in [0.2, 0.25) is 0 Å². The minimum Gasteiger partial charge on any atom is -0.375 e. The molecule has 0 aliphatic carbocycles. The minimum atomic E-state index is -0.917. The molecule has 0 aromatic heterocycles. The maximum Gasteiger partial charge on any atom is 0.417 e. The first-order valence-electron chi connectivity index (χ1n) is 9.44. The second-order valence-corrected chi connectivity index (χ2v) is 6.75. The fourth-order valence-electron chi connectivity index (χ4n) is 2.99. The standard InChI is InChI=1S/C21H24N4O4/c22-18(15-16-7-3-1-4-8-16)19(26)29-21(28)25-13-11-24(12-14-25)20(27)23-17-9-5-2-6-10-17/h1-10,18H,11-15,22H2,(H,23,27)/t18-/m0/s1. The van der Waals surface area contributed by atoms with Crippen LogP contribution in [0.1, 0.15) is 5.56 Å². The molecule has 1 heterocycles. The number of carbonyl (C=O) groups is 3. The van der Waals surface area contributed by atoms with Gasteiger partial charge in [-0.2, -0.15) is 0 Å². The van der Waals surface area contributed by atoms with E-state index in [1.165, 1.54) is 4.90 Å². The van der Waals surface area contributed by atoms with Gasteiger partial charge in [-0.15, -0.1) is 0 Å². The average molecular weight is 396 g/mol. The van der Waals surface area contributed by atoms with Crippen molar-refractivity contribution in [2.24, 2.45) is 5.73 Å². The highest BCUT2D eigenvalue weighted by molar-refractivity contribution is 5.90. The zero-order valence-corrected chi connectivity index (χ0v) is 16.0. The molecule has 1 aliphatic rings. The van der Waals surface area contributed by atoms with Crippen LogP contribution in [0.15, 0.2) is 60.7 Å². The zero-order chi connectivity index (χ0) is 20.6. The maximum absolute atomic E-state index is 12.3. The molecule has 152 valence electrons. The second-order valence-electron chi connectivity index (χ2n) is 6.75. The van der Waals surface area contributed by atoms with Crippen LogP contribution < -0.4 is 11.1 Å². The second kappa shape index (κ2) is 9.70. The molecule has 8 nitrogen and oxygen atoms in total. The van der Waals surface area contributed by atoms with Gasteiger partial charge in [-0.25, -0.2) is 14.4 Å². The van der Waals surface area contributed by atoms with Crippen molar-refractivity contribution in [3.05, 3.63) is 66.2 Å². The average Bonchev–Trinajstić information content (AvgIpc) is 2.75. The number of hydrogen-bond donors (Lipinski definition) is 2. The largest absolute Gasteiger partial charge is 0.417 e. The number of ether oxygens (including phenoxy) is 1. The lowest BCUT2D eigenvalue weighted by Gasteiger charge is -2.33. The monoisotopic (exact) mass is 396 g/mol. The molecular weight excluding hydrogens is 372 g/mol. The molecule has 1 atom stereocenters. The van der Waals surface area contributed by atoms with Crippen LogP contribution in [0.4, 0.5) is 15.3 Å². The number of hydrogen-bond acceptors (Lipinski definition) is 5. The fourth-order valence-corrected chi connectivity index (χ4v) is 2.99. The highest BCUT2D eigenvalue weighted by Crippen LogP contribution is 2.10. The summed E-state index contributed by atoms with van der Waals surface area (Å²) in [5.41, 5.74) is 7.45. The molecule has 3 amide bonds. The Morgan fingerprint density at radius 2 is 1.45 bits per heavy atom. The van der Waals surface area contributed by atoms with Gasteiger partial charge in [0.25, 0.3) is 0 Å². The molecule has 0 spiro atoms. The number of piperazine rings is 1. The van der Waals surface area contributed by atoms with Crippen LogP contribution in [0.5, 0.6) is 0 Å². The van der Waals surface area contributed by atoms with E-state index in [1.54, 1.807) is 17.0 Å². The number of nitrogens with two attached hydrogens (primary N) is 1. The van der Waals surface area contributed by atoms with Crippen molar-refractivity contribution in [2.75, 3.05) is 31.5 Å². The van der Waals surface area contributed by atoms with E-state index >= 15 is 0 Å². The Hall–Kier alpha value is -3.39. The van der Waals surface area contributed by atoms with Crippen molar-refractivity contribution in [1.82, 2.24) is 9.80 Å². The molecule has 1 saturated heterocycles. The zero-order valence-electron chi connectivity index (χ0n) is 16.0. The maximum atomic E-state index is 12.3. The molecule has 0 radical (unpaired) electrons. The molecule has 3 rings (SSSR count). The summed E-state index contributed by atoms with van der Waals surface area (Å²) >= 11 is 0. The Balaban J connectivity index is 1.43. The number of benzene rings is 2. The number of amides is 3. The van der Waals surface area contributed by atoms with Crippen molar-refractivity contribution in [1.29, 1.82) is 0 Å². The number of rotatable bonds is 4. The van der Waals surface area contributed by atoms with E-state index in [0.717, 1.165) is 5.56 Å². The number of carbonyl (C=O) groups excluding carboxylic acids is 3. The molecule has 0 unspecified atom stereocenters. The van der Waals surface area contributed by atoms with E-state index in [4.69, 9.17) is 10.5 Å². The lowest BCUT2D eigenvalue weighted by molar-refractivity contribution is -0.140. The molecular formula is C21H24N4O4. The third kappa shape index (κ3) is 5.79. The van der Waals surface area contributed by atoms with Gasteiger partial charge >= 0.3 is 18.1 Å².